The van der Waals surface area contributed by atoms with Crippen molar-refractivity contribution in [1.29, 1.82) is 5.41 Å². The fourth-order valence-electron chi connectivity index (χ4n) is 1.81. The van der Waals surface area contributed by atoms with E-state index in [4.69, 9.17) is 16.4 Å². The lowest BCUT2D eigenvalue weighted by Crippen LogP contribution is -2.10. The minimum atomic E-state index is -2.82. The van der Waals surface area contributed by atoms with Gasteiger partial charge in [0.2, 0.25) is 0 Å². The molecule has 0 amide bonds. The zero-order valence-electron chi connectivity index (χ0n) is 19.1. The number of hydrogen-bond acceptors (Lipinski definition) is 3. The summed E-state index contributed by atoms with van der Waals surface area (Å²) in [7, 11) is 1.63. The van der Waals surface area contributed by atoms with Crippen LogP contribution in [0.4, 0.5) is 11.4 Å². The van der Waals surface area contributed by atoms with Crippen LogP contribution in [-0.2, 0) is 0 Å². The summed E-state index contributed by atoms with van der Waals surface area (Å²) in [6.07, 6.45) is 0. The first-order valence-electron chi connectivity index (χ1n) is 10.1. The van der Waals surface area contributed by atoms with Crippen molar-refractivity contribution in [3.8, 4) is 0 Å². The van der Waals surface area contributed by atoms with Crippen molar-refractivity contribution in [1.82, 2.24) is 0 Å². The molecule has 0 aliphatic carbocycles. The maximum atomic E-state index is 8.33. The van der Waals surface area contributed by atoms with E-state index >= 15 is 0 Å². The molecule has 0 radical (unpaired) electrons. The third-order valence-electron chi connectivity index (χ3n) is 2.98. The van der Waals surface area contributed by atoms with Gasteiger partial charge in [-0.15, -0.1) is 0 Å². The summed E-state index contributed by atoms with van der Waals surface area (Å²) < 4.78 is 59.6. The molecule has 0 saturated heterocycles. The summed E-state index contributed by atoms with van der Waals surface area (Å²) in [5.41, 5.74) is 1.97. The van der Waals surface area contributed by atoms with Crippen LogP contribution in [0.1, 0.15) is 22.1 Å². The molecule has 0 spiro atoms. The van der Waals surface area contributed by atoms with Crippen molar-refractivity contribution in [2.75, 3.05) is 37.8 Å². The molecule has 0 fully saturated rings. The number of nitrogens with one attached hydrogen (secondary N) is 1. The van der Waals surface area contributed by atoms with Gasteiger partial charge < -0.3 is 9.80 Å². The molecule has 0 heterocycles. The minimum absolute atomic E-state index is 0.0189. The van der Waals surface area contributed by atoms with Crippen LogP contribution in [0.3, 0.4) is 0 Å². The van der Waals surface area contributed by atoms with Gasteiger partial charge in [0, 0.05) is 61.5 Å². The first-order valence-corrected chi connectivity index (χ1v) is 5.99. The van der Waals surface area contributed by atoms with Gasteiger partial charge >= 0.3 is 0 Å². The van der Waals surface area contributed by atoms with E-state index in [-0.39, 0.29) is 11.4 Å². The molecular weight excluding hydrogens is 246 g/mol. The second-order valence-electron chi connectivity index (χ2n) is 4.42. The Morgan fingerprint density at radius 1 is 0.850 bits per heavy atom. The van der Waals surface area contributed by atoms with Gasteiger partial charge in [-0.2, -0.15) is 0 Å². The third kappa shape index (κ3) is 2.99. The quantitative estimate of drug-likeness (QED) is 0.868. The Balaban J connectivity index is 2.26. The molecule has 104 valence electrons. The standard InChI is InChI=1S/C17H21N3/c1-19(2)15-9-5-13(6-10-15)17(18)14-7-11-16(12-8-14)20(3)4/h5-12,18H,1-4H3/i1D2,3D3,4D3. The molecule has 20 heavy (non-hydrogen) atoms. The lowest BCUT2D eigenvalue weighted by Gasteiger charge is -2.14. The van der Waals surface area contributed by atoms with E-state index in [9.17, 15) is 0 Å². The minimum Gasteiger partial charge on any atom is -0.378 e. The van der Waals surface area contributed by atoms with Crippen molar-refractivity contribution in [3.05, 3.63) is 59.7 Å². The normalized spacial score (nSPS) is 17.5. The summed E-state index contributed by atoms with van der Waals surface area (Å²) >= 11 is 0. The molecule has 0 saturated carbocycles. The molecule has 0 aromatic heterocycles. The summed E-state index contributed by atoms with van der Waals surface area (Å²) in [6.45, 7) is -6.79. The second kappa shape index (κ2) is 5.78. The average molecular weight is 275 g/mol. The van der Waals surface area contributed by atoms with Crippen LogP contribution in [0.5, 0.6) is 0 Å². The molecule has 0 bridgehead atoms. The fraction of sp³-hybridized carbons (Fsp3) is 0.235. The van der Waals surface area contributed by atoms with Crippen LogP contribution in [0.25, 0.3) is 0 Å². The third-order valence-corrected chi connectivity index (χ3v) is 2.98. The van der Waals surface area contributed by atoms with Crippen molar-refractivity contribution < 1.29 is 11.0 Å². The molecule has 0 atom stereocenters. The number of nitrogens with zero attached hydrogens (tertiary/aromatic N) is 2. The maximum Gasteiger partial charge on any atom is 0.0684 e. The van der Waals surface area contributed by atoms with Crippen LogP contribution in [0.15, 0.2) is 48.5 Å². The topological polar surface area (TPSA) is 30.3 Å². The first-order chi connectivity index (χ1) is 12.8. The van der Waals surface area contributed by atoms with Crippen LogP contribution in [-0.4, -0.2) is 33.7 Å². The van der Waals surface area contributed by atoms with Gasteiger partial charge in [0.1, 0.15) is 0 Å². The molecule has 2 rings (SSSR count). The maximum absolute atomic E-state index is 8.33. The first kappa shape index (κ1) is 6.93. The largest absolute Gasteiger partial charge is 0.378 e. The predicted molar refractivity (Wildman–Crippen MR) is 87.5 cm³/mol. The SMILES string of the molecule is [2H]C([2H])N(C)c1ccc(C(=N)c2ccc(N(C([2H])([2H])[2H])C([2H])([2H])[2H])cc2)cc1. The van der Waals surface area contributed by atoms with E-state index in [0.717, 1.165) is 0 Å². The molecule has 2 aromatic rings. The Morgan fingerprint density at radius 3 is 1.70 bits per heavy atom. The van der Waals surface area contributed by atoms with Crippen LogP contribution in [0, 0.1) is 5.41 Å². The van der Waals surface area contributed by atoms with Gasteiger partial charge in [0.25, 0.3) is 0 Å². The summed E-state index contributed by atoms with van der Waals surface area (Å²) in [6, 6.07) is 12.6. The smallest absolute Gasteiger partial charge is 0.0684 e. The summed E-state index contributed by atoms with van der Waals surface area (Å²) in [5, 5.41) is 8.33. The lowest BCUT2D eigenvalue weighted by atomic mass is 10.0. The number of hydrogen-bond donors (Lipinski definition) is 1. The number of benzene rings is 2. The molecule has 1 N–H and O–H groups in total. The van der Waals surface area contributed by atoms with Crippen molar-refractivity contribution >= 4 is 17.1 Å². The van der Waals surface area contributed by atoms with E-state index in [1.807, 2.05) is 0 Å². The highest BCUT2D eigenvalue weighted by atomic mass is 15.1. The predicted octanol–water partition coefficient (Wildman–Crippen LogP) is 3.23. The van der Waals surface area contributed by atoms with Gasteiger partial charge in [-0.25, -0.2) is 0 Å². The molecule has 2 aromatic carbocycles. The Labute approximate surface area is 132 Å². The zero-order valence-corrected chi connectivity index (χ0v) is 11.1. The average Bonchev–Trinajstić information content (AvgIpc) is 2.58. The van der Waals surface area contributed by atoms with Gasteiger partial charge in [0.05, 0.1) is 5.71 Å². The molecular formula is C17H21N3. The second-order valence-corrected chi connectivity index (χ2v) is 4.42. The van der Waals surface area contributed by atoms with Crippen LogP contribution >= 0.6 is 0 Å². The van der Waals surface area contributed by atoms with E-state index in [2.05, 4.69) is 0 Å². The Hall–Kier alpha value is -2.29. The zero-order chi connectivity index (χ0) is 21.3. The van der Waals surface area contributed by atoms with E-state index in [1.54, 1.807) is 31.3 Å². The highest BCUT2D eigenvalue weighted by Crippen LogP contribution is 2.18. The summed E-state index contributed by atoms with van der Waals surface area (Å²) in [4.78, 5) is 1.86. The highest BCUT2D eigenvalue weighted by Gasteiger charge is 2.06. The van der Waals surface area contributed by atoms with Crippen molar-refractivity contribution in [2.45, 2.75) is 0 Å². The van der Waals surface area contributed by atoms with Gasteiger partial charge in [-0.1, -0.05) is 24.3 Å². The molecule has 3 heteroatoms. The van der Waals surface area contributed by atoms with Crippen LogP contribution < -0.4 is 9.80 Å². The molecule has 0 aliphatic rings. The van der Waals surface area contributed by atoms with E-state index in [1.165, 1.54) is 29.2 Å². The highest BCUT2D eigenvalue weighted by molar-refractivity contribution is 6.11. The summed E-state index contributed by atoms with van der Waals surface area (Å²) in [5.74, 6) is 0. The van der Waals surface area contributed by atoms with E-state index < -0.39 is 21.0 Å². The Bertz CT molecular complexity index is 796. The van der Waals surface area contributed by atoms with E-state index in [0.29, 0.717) is 21.7 Å². The van der Waals surface area contributed by atoms with Crippen LogP contribution in [0.2, 0.25) is 0 Å². The van der Waals surface area contributed by atoms with Crippen molar-refractivity contribution in [2.24, 2.45) is 0 Å². The van der Waals surface area contributed by atoms with Gasteiger partial charge in [-0.05, 0) is 24.3 Å². The molecule has 0 aliphatic heterocycles. The van der Waals surface area contributed by atoms with Gasteiger partial charge in [0.15, 0.2) is 0 Å². The Morgan fingerprint density at radius 2 is 1.30 bits per heavy atom. The number of rotatable bonds is 4. The lowest BCUT2D eigenvalue weighted by molar-refractivity contribution is 1.13. The monoisotopic (exact) mass is 275 g/mol. The van der Waals surface area contributed by atoms with Crippen molar-refractivity contribution in [3.63, 3.8) is 0 Å². The number of anilines is 2. The molecule has 0 unspecified atom stereocenters. The fourth-order valence-corrected chi connectivity index (χ4v) is 1.81. The molecule has 3 nitrogen and oxygen atoms in total. The Kier molecular flexibility index (Phi) is 2.00. The van der Waals surface area contributed by atoms with Gasteiger partial charge in [-0.3, -0.25) is 5.41 Å².